The second kappa shape index (κ2) is 7.17. The van der Waals surface area contributed by atoms with Gasteiger partial charge in [-0.3, -0.25) is 4.79 Å². The molecule has 3 rings (SSSR count). The van der Waals surface area contributed by atoms with E-state index in [-0.39, 0.29) is 11.7 Å². The Balaban J connectivity index is 1.72. The SMILES string of the molecule is COc1cccc(C(=O)NC(C)c2ncc(-c3ccc(F)cc3)o2)c1. The van der Waals surface area contributed by atoms with Gasteiger partial charge in [-0.05, 0) is 49.4 Å². The highest BCUT2D eigenvalue weighted by Gasteiger charge is 2.17. The average Bonchev–Trinajstić information content (AvgIpc) is 3.12. The molecule has 6 heteroatoms. The Labute approximate surface area is 144 Å². The second-order valence-electron chi connectivity index (χ2n) is 5.50. The molecule has 3 aromatic rings. The maximum Gasteiger partial charge on any atom is 0.252 e. The van der Waals surface area contributed by atoms with Crippen LogP contribution in [0.2, 0.25) is 0 Å². The van der Waals surface area contributed by atoms with Gasteiger partial charge in [0.05, 0.1) is 13.3 Å². The molecule has 0 saturated heterocycles. The Bertz CT molecular complexity index is 874. The van der Waals surface area contributed by atoms with Crippen LogP contribution in [0.15, 0.2) is 59.1 Å². The van der Waals surface area contributed by atoms with E-state index >= 15 is 0 Å². The molecular weight excluding hydrogens is 323 g/mol. The number of benzene rings is 2. The lowest BCUT2D eigenvalue weighted by Gasteiger charge is -2.11. The van der Waals surface area contributed by atoms with Crippen molar-refractivity contribution in [2.45, 2.75) is 13.0 Å². The van der Waals surface area contributed by atoms with E-state index in [1.165, 1.54) is 12.1 Å². The van der Waals surface area contributed by atoms with E-state index in [0.29, 0.717) is 28.5 Å². The summed E-state index contributed by atoms with van der Waals surface area (Å²) >= 11 is 0. The van der Waals surface area contributed by atoms with Crippen LogP contribution >= 0.6 is 0 Å². The molecule has 5 nitrogen and oxygen atoms in total. The third-order valence-electron chi connectivity index (χ3n) is 3.70. The van der Waals surface area contributed by atoms with Crippen LogP contribution in [0.4, 0.5) is 4.39 Å². The van der Waals surface area contributed by atoms with E-state index in [1.807, 2.05) is 0 Å². The van der Waals surface area contributed by atoms with Gasteiger partial charge in [-0.15, -0.1) is 0 Å². The molecule has 128 valence electrons. The first-order valence-electron chi connectivity index (χ1n) is 7.73. The molecule has 0 bridgehead atoms. The fourth-order valence-electron chi connectivity index (χ4n) is 2.34. The van der Waals surface area contributed by atoms with Crippen LogP contribution in [-0.2, 0) is 0 Å². The zero-order valence-corrected chi connectivity index (χ0v) is 13.8. The lowest BCUT2D eigenvalue weighted by Crippen LogP contribution is -2.26. The highest BCUT2D eigenvalue weighted by atomic mass is 19.1. The highest BCUT2D eigenvalue weighted by molar-refractivity contribution is 5.94. The van der Waals surface area contributed by atoms with E-state index in [1.54, 1.807) is 56.6 Å². The minimum atomic E-state index is -0.423. The van der Waals surface area contributed by atoms with Crippen LogP contribution in [0.5, 0.6) is 5.75 Å². The van der Waals surface area contributed by atoms with E-state index < -0.39 is 6.04 Å². The van der Waals surface area contributed by atoms with Crippen molar-refractivity contribution in [2.24, 2.45) is 0 Å². The number of nitrogens with one attached hydrogen (secondary N) is 1. The zero-order valence-electron chi connectivity index (χ0n) is 13.8. The van der Waals surface area contributed by atoms with Crippen LogP contribution in [0.1, 0.15) is 29.2 Å². The van der Waals surface area contributed by atoms with Crippen LogP contribution in [0, 0.1) is 5.82 Å². The monoisotopic (exact) mass is 340 g/mol. The van der Waals surface area contributed by atoms with Crippen molar-refractivity contribution in [3.8, 4) is 17.1 Å². The van der Waals surface area contributed by atoms with Gasteiger partial charge in [0.2, 0.25) is 5.89 Å². The number of carbonyl (C=O) groups excluding carboxylic acids is 1. The fraction of sp³-hybridized carbons (Fsp3) is 0.158. The van der Waals surface area contributed by atoms with Gasteiger partial charge in [0.15, 0.2) is 5.76 Å². The molecule has 2 aromatic carbocycles. The Hall–Kier alpha value is -3.15. The van der Waals surface area contributed by atoms with Crippen molar-refractivity contribution >= 4 is 5.91 Å². The second-order valence-corrected chi connectivity index (χ2v) is 5.50. The topological polar surface area (TPSA) is 64.4 Å². The van der Waals surface area contributed by atoms with Crippen molar-refractivity contribution in [1.29, 1.82) is 0 Å². The molecule has 0 aliphatic rings. The third-order valence-corrected chi connectivity index (χ3v) is 3.70. The predicted molar refractivity (Wildman–Crippen MR) is 90.8 cm³/mol. The standard InChI is InChI=1S/C19H17FN2O3/c1-12(22-18(23)14-4-3-5-16(10-14)24-2)19-21-11-17(25-19)13-6-8-15(20)9-7-13/h3-12H,1-2H3,(H,22,23). The summed E-state index contributed by atoms with van der Waals surface area (Å²) in [5.41, 5.74) is 1.20. The summed E-state index contributed by atoms with van der Waals surface area (Å²) in [4.78, 5) is 16.5. The summed E-state index contributed by atoms with van der Waals surface area (Å²) < 4.78 is 23.8. The van der Waals surface area contributed by atoms with Gasteiger partial charge >= 0.3 is 0 Å². The number of aromatic nitrogens is 1. The Morgan fingerprint density at radius 2 is 2.00 bits per heavy atom. The minimum absolute atomic E-state index is 0.257. The van der Waals surface area contributed by atoms with Crippen molar-refractivity contribution in [2.75, 3.05) is 7.11 Å². The van der Waals surface area contributed by atoms with E-state index in [0.717, 1.165) is 0 Å². The number of oxazole rings is 1. The lowest BCUT2D eigenvalue weighted by molar-refractivity contribution is 0.0934. The number of carbonyl (C=O) groups is 1. The highest BCUT2D eigenvalue weighted by Crippen LogP contribution is 2.23. The molecule has 0 spiro atoms. The van der Waals surface area contributed by atoms with Gasteiger partial charge in [0.1, 0.15) is 17.6 Å². The van der Waals surface area contributed by atoms with Crippen molar-refractivity contribution in [3.63, 3.8) is 0 Å². The smallest absolute Gasteiger partial charge is 0.252 e. The first-order valence-corrected chi connectivity index (χ1v) is 7.73. The largest absolute Gasteiger partial charge is 0.497 e. The molecule has 1 unspecified atom stereocenters. The van der Waals surface area contributed by atoms with Gasteiger partial charge in [0, 0.05) is 11.1 Å². The zero-order chi connectivity index (χ0) is 17.8. The van der Waals surface area contributed by atoms with Crippen LogP contribution in [-0.4, -0.2) is 18.0 Å². The van der Waals surface area contributed by atoms with Crippen LogP contribution in [0.3, 0.4) is 0 Å². The Morgan fingerprint density at radius 3 is 2.72 bits per heavy atom. The number of amides is 1. The molecule has 1 aromatic heterocycles. The fourth-order valence-corrected chi connectivity index (χ4v) is 2.34. The quantitative estimate of drug-likeness (QED) is 0.763. The number of methoxy groups -OCH3 is 1. The summed E-state index contributed by atoms with van der Waals surface area (Å²) in [5.74, 6) is 0.915. The average molecular weight is 340 g/mol. The van der Waals surface area contributed by atoms with Gasteiger partial charge in [-0.1, -0.05) is 6.07 Å². The van der Waals surface area contributed by atoms with Crippen molar-refractivity contribution in [3.05, 3.63) is 72.0 Å². The summed E-state index contributed by atoms with van der Waals surface area (Å²) in [7, 11) is 1.55. The van der Waals surface area contributed by atoms with E-state index in [9.17, 15) is 9.18 Å². The van der Waals surface area contributed by atoms with Crippen molar-refractivity contribution in [1.82, 2.24) is 10.3 Å². The minimum Gasteiger partial charge on any atom is -0.497 e. The molecule has 1 amide bonds. The number of halogens is 1. The van der Waals surface area contributed by atoms with Crippen LogP contribution < -0.4 is 10.1 Å². The molecule has 1 atom stereocenters. The van der Waals surface area contributed by atoms with Gasteiger partial charge in [-0.25, -0.2) is 9.37 Å². The van der Waals surface area contributed by atoms with E-state index in [2.05, 4.69) is 10.3 Å². The number of ether oxygens (including phenoxy) is 1. The number of nitrogens with zero attached hydrogens (tertiary/aromatic N) is 1. The molecule has 0 aliphatic heterocycles. The molecule has 0 saturated carbocycles. The van der Waals surface area contributed by atoms with Crippen LogP contribution in [0.25, 0.3) is 11.3 Å². The summed E-state index contributed by atoms with van der Waals surface area (Å²) in [6.07, 6.45) is 1.55. The molecule has 0 radical (unpaired) electrons. The molecule has 0 fully saturated rings. The van der Waals surface area contributed by atoms with E-state index in [4.69, 9.17) is 9.15 Å². The van der Waals surface area contributed by atoms with Gasteiger partial charge in [0.25, 0.3) is 5.91 Å². The first-order chi connectivity index (χ1) is 12.1. The number of rotatable bonds is 5. The van der Waals surface area contributed by atoms with Gasteiger partial charge < -0.3 is 14.5 Å². The number of hydrogen-bond acceptors (Lipinski definition) is 4. The first kappa shape index (κ1) is 16.7. The Kier molecular flexibility index (Phi) is 4.79. The number of hydrogen-bond donors (Lipinski definition) is 1. The van der Waals surface area contributed by atoms with Gasteiger partial charge in [-0.2, -0.15) is 0 Å². The van der Waals surface area contributed by atoms with Crippen molar-refractivity contribution < 1.29 is 18.3 Å². The molecule has 0 aliphatic carbocycles. The third kappa shape index (κ3) is 3.85. The lowest BCUT2D eigenvalue weighted by atomic mass is 10.2. The summed E-state index contributed by atoms with van der Waals surface area (Å²) in [5, 5.41) is 2.83. The Morgan fingerprint density at radius 1 is 1.24 bits per heavy atom. The maximum absolute atomic E-state index is 13.0. The predicted octanol–water partition coefficient (Wildman–Crippen LogP) is 3.98. The molecular formula is C19H17FN2O3. The molecule has 1 N–H and O–H groups in total. The maximum atomic E-state index is 13.0. The molecule has 25 heavy (non-hydrogen) atoms. The molecule has 1 heterocycles. The summed E-state index contributed by atoms with van der Waals surface area (Å²) in [6, 6.07) is 12.4. The normalized spacial score (nSPS) is 11.8. The summed E-state index contributed by atoms with van der Waals surface area (Å²) in [6.45, 7) is 1.78.